The third-order valence-corrected chi connectivity index (χ3v) is 3.93. The molecule has 0 fully saturated rings. The average Bonchev–Trinajstić information content (AvgIpc) is 2.59. The van der Waals surface area contributed by atoms with Crippen LogP contribution in [-0.4, -0.2) is 43.7 Å². The second kappa shape index (κ2) is 11.6. The molecule has 0 radical (unpaired) electrons. The summed E-state index contributed by atoms with van der Waals surface area (Å²) in [5, 5.41) is 11.6. The normalized spacial score (nSPS) is 10.4. The van der Waals surface area contributed by atoms with Gasteiger partial charge >= 0.3 is 0 Å². The van der Waals surface area contributed by atoms with Gasteiger partial charge in [-0.1, -0.05) is 25.4 Å². The van der Waals surface area contributed by atoms with E-state index >= 15 is 0 Å². The van der Waals surface area contributed by atoms with Crippen LogP contribution in [0.4, 0.5) is 0 Å². The molecule has 0 bridgehead atoms. The molecule has 1 aromatic carbocycles. The minimum atomic E-state index is -0.323. The topological polar surface area (TPSA) is 74.6 Å². The molecule has 1 amide bonds. The Kier molecular flexibility index (Phi) is 9.75. The third-order valence-electron chi connectivity index (χ3n) is 3.65. The molecular formula is C18H26ClN3O3. The molecule has 1 N–H and O–H groups in total. The van der Waals surface area contributed by atoms with Crippen LogP contribution in [0.5, 0.6) is 11.5 Å². The summed E-state index contributed by atoms with van der Waals surface area (Å²) in [7, 11) is 0. The van der Waals surface area contributed by atoms with Gasteiger partial charge in [-0.2, -0.15) is 5.26 Å². The summed E-state index contributed by atoms with van der Waals surface area (Å²) < 4.78 is 11.5. The van der Waals surface area contributed by atoms with E-state index in [9.17, 15) is 4.79 Å². The van der Waals surface area contributed by atoms with Gasteiger partial charge in [0, 0.05) is 13.1 Å². The lowest BCUT2D eigenvalue weighted by Gasteiger charge is -2.20. The van der Waals surface area contributed by atoms with E-state index in [1.807, 2.05) is 13.0 Å². The van der Waals surface area contributed by atoms with Gasteiger partial charge in [0.2, 0.25) is 5.91 Å². The van der Waals surface area contributed by atoms with Crippen LogP contribution in [0, 0.1) is 11.3 Å². The highest BCUT2D eigenvalue weighted by Gasteiger charge is 2.14. The Morgan fingerprint density at radius 1 is 1.28 bits per heavy atom. The maximum absolute atomic E-state index is 11.4. The van der Waals surface area contributed by atoms with Gasteiger partial charge in [0.05, 0.1) is 17.7 Å². The Balaban J connectivity index is 2.80. The van der Waals surface area contributed by atoms with Crippen LogP contribution in [0.1, 0.15) is 32.8 Å². The fourth-order valence-corrected chi connectivity index (χ4v) is 2.57. The predicted octanol–water partition coefficient (Wildman–Crippen LogP) is 2.99. The van der Waals surface area contributed by atoms with Crippen LogP contribution >= 0.6 is 11.6 Å². The number of ether oxygens (including phenoxy) is 2. The molecule has 7 heteroatoms. The van der Waals surface area contributed by atoms with E-state index in [1.165, 1.54) is 0 Å². The quantitative estimate of drug-likeness (QED) is 0.650. The Morgan fingerprint density at radius 2 is 2.00 bits per heavy atom. The number of nitriles is 1. The van der Waals surface area contributed by atoms with E-state index in [-0.39, 0.29) is 18.9 Å². The zero-order valence-electron chi connectivity index (χ0n) is 15.1. The van der Waals surface area contributed by atoms with Gasteiger partial charge in [-0.3, -0.25) is 4.79 Å². The number of benzene rings is 1. The molecule has 0 spiro atoms. The van der Waals surface area contributed by atoms with Crippen LogP contribution in [-0.2, 0) is 11.3 Å². The molecule has 1 aromatic rings. The number of rotatable bonds is 11. The van der Waals surface area contributed by atoms with Gasteiger partial charge in [-0.25, -0.2) is 0 Å². The number of halogens is 1. The van der Waals surface area contributed by atoms with Crippen molar-refractivity contribution in [2.75, 3.05) is 32.8 Å². The monoisotopic (exact) mass is 367 g/mol. The highest BCUT2D eigenvalue weighted by Crippen LogP contribution is 2.36. The van der Waals surface area contributed by atoms with E-state index in [0.717, 1.165) is 25.2 Å². The van der Waals surface area contributed by atoms with E-state index in [4.69, 9.17) is 26.3 Å². The molecule has 0 unspecified atom stereocenters. The van der Waals surface area contributed by atoms with Gasteiger partial charge in [0.25, 0.3) is 0 Å². The van der Waals surface area contributed by atoms with E-state index in [1.54, 1.807) is 12.1 Å². The molecular weight excluding hydrogens is 342 g/mol. The smallest absolute Gasteiger partial charge is 0.234 e. The standard InChI is InChI=1S/C18H26ClN3O3/c1-4-22(5-2)9-10-25-18-15(19)11-14(12-16(18)24-6-3)13-21-17(23)7-8-20/h11-12H,4-7,9-10,13H2,1-3H3,(H,21,23). The largest absolute Gasteiger partial charge is 0.490 e. The van der Waals surface area contributed by atoms with E-state index in [2.05, 4.69) is 24.1 Å². The molecule has 0 aliphatic rings. The van der Waals surface area contributed by atoms with Crippen molar-refractivity contribution in [2.45, 2.75) is 33.7 Å². The Labute approximate surface area is 154 Å². The molecule has 0 aliphatic carbocycles. The van der Waals surface area contributed by atoms with Crippen LogP contribution in [0.15, 0.2) is 12.1 Å². The molecule has 0 saturated carbocycles. The van der Waals surface area contributed by atoms with Crippen LogP contribution in [0.3, 0.4) is 0 Å². The first-order chi connectivity index (χ1) is 12.0. The van der Waals surface area contributed by atoms with E-state index < -0.39 is 0 Å². The second-order valence-corrected chi connectivity index (χ2v) is 5.73. The van der Waals surface area contributed by atoms with Crippen molar-refractivity contribution in [1.29, 1.82) is 5.26 Å². The Bertz CT molecular complexity index is 598. The number of nitrogens with one attached hydrogen (secondary N) is 1. The van der Waals surface area contributed by atoms with Crippen molar-refractivity contribution in [1.82, 2.24) is 10.2 Å². The minimum absolute atomic E-state index is 0.168. The van der Waals surface area contributed by atoms with Crippen LogP contribution in [0.25, 0.3) is 0 Å². The lowest BCUT2D eigenvalue weighted by Crippen LogP contribution is -2.28. The maximum atomic E-state index is 11.4. The molecule has 0 saturated heterocycles. The Hall–Kier alpha value is -1.97. The summed E-state index contributed by atoms with van der Waals surface area (Å²) in [5.74, 6) is 0.748. The summed E-state index contributed by atoms with van der Waals surface area (Å²) in [5.41, 5.74) is 0.788. The fraction of sp³-hybridized carbons (Fsp3) is 0.556. The van der Waals surface area contributed by atoms with Gasteiger partial charge < -0.3 is 19.7 Å². The van der Waals surface area contributed by atoms with Crippen molar-refractivity contribution in [2.24, 2.45) is 0 Å². The molecule has 0 aromatic heterocycles. The highest BCUT2D eigenvalue weighted by atomic mass is 35.5. The summed E-state index contributed by atoms with van der Waals surface area (Å²) in [6.45, 7) is 10.1. The second-order valence-electron chi connectivity index (χ2n) is 5.32. The molecule has 6 nitrogen and oxygen atoms in total. The van der Waals surface area contributed by atoms with Gasteiger partial charge in [0.15, 0.2) is 11.5 Å². The SMILES string of the molecule is CCOc1cc(CNC(=O)CC#N)cc(Cl)c1OCCN(CC)CC. The maximum Gasteiger partial charge on any atom is 0.234 e. The number of hydrogen-bond acceptors (Lipinski definition) is 5. The lowest BCUT2D eigenvalue weighted by atomic mass is 10.2. The molecule has 0 heterocycles. The first-order valence-electron chi connectivity index (χ1n) is 8.49. The van der Waals surface area contributed by atoms with Crippen molar-refractivity contribution in [3.63, 3.8) is 0 Å². The molecule has 0 aliphatic heterocycles. The van der Waals surface area contributed by atoms with Gasteiger partial charge in [-0.15, -0.1) is 0 Å². The summed E-state index contributed by atoms with van der Waals surface area (Å²) in [6.07, 6.45) is -0.168. The average molecular weight is 368 g/mol. The number of carbonyl (C=O) groups is 1. The van der Waals surface area contributed by atoms with E-state index in [0.29, 0.717) is 29.7 Å². The van der Waals surface area contributed by atoms with Gasteiger partial charge in [0.1, 0.15) is 13.0 Å². The highest BCUT2D eigenvalue weighted by molar-refractivity contribution is 6.32. The van der Waals surface area contributed by atoms with Crippen molar-refractivity contribution in [3.05, 3.63) is 22.7 Å². The van der Waals surface area contributed by atoms with Gasteiger partial charge in [-0.05, 0) is 37.7 Å². The summed E-state index contributed by atoms with van der Waals surface area (Å²) in [4.78, 5) is 13.7. The fourth-order valence-electron chi connectivity index (χ4n) is 2.28. The Morgan fingerprint density at radius 3 is 2.60 bits per heavy atom. The number of nitrogens with zero attached hydrogens (tertiary/aromatic N) is 2. The number of carbonyl (C=O) groups excluding carboxylic acids is 1. The number of likely N-dealkylation sites (N-methyl/N-ethyl adjacent to an activating group) is 1. The zero-order valence-corrected chi connectivity index (χ0v) is 15.9. The van der Waals surface area contributed by atoms with Crippen molar-refractivity contribution >= 4 is 17.5 Å². The lowest BCUT2D eigenvalue weighted by molar-refractivity contribution is -0.120. The minimum Gasteiger partial charge on any atom is -0.490 e. The third kappa shape index (κ3) is 7.20. The van der Waals surface area contributed by atoms with Crippen LogP contribution in [0.2, 0.25) is 5.02 Å². The first kappa shape index (κ1) is 21.1. The predicted molar refractivity (Wildman–Crippen MR) is 98.0 cm³/mol. The number of amides is 1. The molecule has 138 valence electrons. The van der Waals surface area contributed by atoms with Crippen LogP contribution < -0.4 is 14.8 Å². The molecule has 25 heavy (non-hydrogen) atoms. The first-order valence-corrected chi connectivity index (χ1v) is 8.87. The summed E-state index contributed by atoms with van der Waals surface area (Å²) >= 11 is 6.35. The molecule has 0 atom stereocenters. The number of hydrogen-bond donors (Lipinski definition) is 1. The molecule has 1 rings (SSSR count). The zero-order chi connectivity index (χ0) is 18.7. The summed E-state index contributed by atoms with van der Waals surface area (Å²) in [6, 6.07) is 5.35. The van der Waals surface area contributed by atoms with Crippen molar-refractivity contribution < 1.29 is 14.3 Å². The van der Waals surface area contributed by atoms with Crippen molar-refractivity contribution in [3.8, 4) is 17.6 Å².